The SMILES string of the molecule is CO[C@@H](/C=C/C(=O)Nc1ccccc1N)[C@@H](OC(=O)Nc1ccc(SC)cc1)c1ccc(O)c2ccccc12. The number of benzene rings is 4. The molecule has 0 unspecified atom stereocenters. The number of thioether (sulfide) groups is 1. The Morgan fingerprint density at radius 2 is 1.62 bits per heavy atom. The van der Waals surface area contributed by atoms with Crippen LogP contribution in [0.3, 0.4) is 0 Å². The second-order valence-electron chi connectivity index (χ2n) is 8.53. The van der Waals surface area contributed by atoms with Crippen LogP contribution >= 0.6 is 11.8 Å². The maximum atomic E-state index is 13.0. The molecule has 0 heterocycles. The van der Waals surface area contributed by atoms with E-state index in [2.05, 4.69) is 10.6 Å². The summed E-state index contributed by atoms with van der Waals surface area (Å²) < 4.78 is 11.6. The number of aromatic hydroxyl groups is 1. The van der Waals surface area contributed by atoms with Crippen molar-refractivity contribution in [3.8, 4) is 5.75 Å². The molecule has 0 radical (unpaired) electrons. The summed E-state index contributed by atoms with van der Waals surface area (Å²) in [5.41, 5.74) is 8.00. The molecule has 0 saturated carbocycles. The van der Waals surface area contributed by atoms with Crippen LogP contribution in [0, 0.1) is 0 Å². The van der Waals surface area contributed by atoms with Gasteiger partial charge in [-0.2, -0.15) is 0 Å². The average Bonchev–Trinajstić information content (AvgIpc) is 2.95. The van der Waals surface area contributed by atoms with Crippen LogP contribution in [0.4, 0.5) is 21.9 Å². The molecule has 5 N–H and O–H groups in total. The number of phenolic OH excluding ortho intramolecular Hbond substituents is 1. The Bertz CT molecular complexity index is 1490. The number of hydrogen-bond donors (Lipinski definition) is 4. The third-order valence-corrected chi connectivity index (χ3v) is 6.78. The Labute approximate surface area is 230 Å². The number of anilines is 3. The average molecular weight is 544 g/mol. The first-order valence-electron chi connectivity index (χ1n) is 12.1. The summed E-state index contributed by atoms with van der Waals surface area (Å²) in [6.07, 6.45) is 2.28. The molecule has 4 rings (SSSR count). The second-order valence-corrected chi connectivity index (χ2v) is 9.41. The van der Waals surface area contributed by atoms with E-state index in [1.54, 1.807) is 66.4 Å². The summed E-state index contributed by atoms with van der Waals surface area (Å²) in [5, 5.41) is 17.1. The van der Waals surface area contributed by atoms with E-state index >= 15 is 0 Å². The quantitative estimate of drug-likeness (QED) is 0.110. The number of carbonyl (C=O) groups excluding carboxylic acids is 2. The first-order chi connectivity index (χ1) is 18.9. The molecule has 2 atom stereocenters. The van der Waals surface area contributed by atoms with Crippen molar-refractivity contribution in [1.29, 1.82) is 0 Å². The van der Waals surface area contributed by atoms with Crippen LogP contribution in [0.25, 0.3) is 10.8 Å². The Balaban J connectivity index is 1.63. The zero-order valence-electron chi connectivity index (χ0n) is 21.5. The number of carbonyl (C=O) groups is 2. The lowest BCUT2D eigenvalue weighted by Crippen LogP contribution is -2.27. The fraction of sp³-hybridized carbons (Fsp3) is 0.133. The minimum absolute atomic E-state index is 0.0933. The molecular formula is C30H29N3O5S. The first-order valence-corrected chi connectivity index (χ1v) is 13.3. The molecule has 0 saturated heterocycles. The predicted molar refractivity (Wildman–Crippen MR) is 156 cm³/mol. The van der Waals surface area contributed by atoms with Gasteiger partial charge >= 0.3 is 6.09 Å². The normalized spacial score (nSPS) is 12.7. The van der Waals surface area contributed by atoms with Crippen LogP contribution in [-0.2, 0) is 14.3 Å². The number of ether oxygens (including phenoxy) is 2. The fourth-order valence-electron chi connectivity index (χ4n) is 4.07. The van der Waals surface area contributed by atoms with Gasteiger partial charge in [-0.1, -0.05) is 42.5 Å². The lowest BCUT2D eigenvalue weighted by atomic mass is 9.96. The van der Waals surface area contributed by atoms with Crippen molar-refractivity contribution in [2.75, 3.05) is 29.7 Å². The van der Waals surface area contributed by atoms with E-state index in [4.69, 9.17) is 15.2 Å². The van der Waals surface area contributed by atoms with E-state index in [1.165, 1.54) is 25.3 Å². The number of nitrogens with two attached hydrogens (primary N) is 1. The van der Waals surface area contributed by atoms with Crippen LogP contribution in [0.2, 0.25) is 0 Å². The van der Waals surface area contributed by atoms with Crippen molar-refractivity contribution in [2.24, 2.45) is 0 Å². The van der Waals surface area contributed by atoms with Crippen LogP contribution in [0.1, 0.15) is 11.7 Å². The fourth-order valence-corrected chi connectivity index (χ4v) is 4.48. The minimum Gasteiger partial charge on any atom is -0.507 e. The van der Waals surface area contributed by atoms with Gasteiger partial charge in [-0.3, -0.25) is 10.1 Å². The molecule has 9 heteroatoms. The topological polar surface area (TPSA) is 123 Å². The second kappa shape index (κ2) is 12.9. The summed E-state index contributed by atoms with van der Waals surface area (Å²) in [4.78, 5) is 26.7. The lowest BCUT2D eigenvalue weighted by molar-refractivity contribution is -0.112. The van der Waals surface area contributed by atoms with Gasteiger partial charge in [-0.05, 0) is 60.2 Å². The summed E-state index contributed by atoms with van der Waals surface area (Å²) in [7, 11) is 1.46. The summed E-state index contributed by atoms with van der Waals surface area (Å²) in [6, 6.07) is 24.7. The van der Waals surface area contributed by atoms with Crippen LogP contribution in [-0.4, -0.2) is 36.6 Å². The largest absolute Gasteiger partial charge is 0.507 e. The highest BCUT2D eigenvalue weighted by atomic mass is 32.2. The highest BCUT2D eigenvalue weighted by Gasteiger charge is 2.28. The number of hydrogen-bond acceptors (Lipinski definition) is 7. The smallest absolute Gasteiger partial charge is 0.412 e. The highest BCUT2D eigenvalue weighted by Crippen LogP contribution is 2.35. The van der Waals surface area contributed by atoms with Crippen molar-refractivity contribution in [1.82, 2.24) is 0 Å². The number of rotatable bonds is 9. The van der Waals surface area contributed by atoms with Crippen molar-refractivity contribution in [2.45, 2.75) is 17.1 Å². The minimum atomic E-state index is -0.961. The van der Waals surface area contributed by atoms with E-state index in [1.807, 2.05) is 30.5 Å². The molecule has 39 heavy (non-hydrogen) atoms. The van der Waals surface area contributed by atoms with E-state index in [-0.39, 0.29) is 5.75 Å². The molecule has 4 aromatic carbocycles. The van der Waals surface area contributed by atoms with Crippen LogP contribution < -0.4 is 16.4 Å². The molecular weight excluding hydrogens is 514 g/mol. The summed E-state index contributed by atoms with van der Waals surface area (Å²) in [6.45, 7) is 0. The van der Waals surface area contributed by atoms with E-state index in [0.29, 0.717) is 33.4 Å². The molecule has 0 bridgehead atoms. The third kappa shape index (κ3) is 6.90. The number of nitrogens with one attached hydrogen (secondary N) is 2. The van der Waals surface area contributed by atoms with E-state index in [9.17, 15) is 14.7 Å². The number of para-hydroxylation sites is 2. The third-order valence-electron chi connectivity index (χ3n) is 6.04. The molecule has 0 spiro atoms. The summed E-state index contributed by atoms with van der Waals surface area (Å²) >= 11 is 1.59. The maximum Gasteiger partial charge on any atom is 0.412 e. The van der Waals surface area contributed by atoms with Gasteiger partial charge in [-0.25, -0.2) is 4.79 Å². The van der Waals surface area contributed by atoms with Crippen molar-refractivity contribution in [3.63, 3.8) is 0 Å². The van der Waals surface area contributed by atoms with Crippen molar-refractivity contribution < 1.29 is 24.2 Å². The molecule has 0 aromatic heterocycles. The monoisotopic (exact) mass is 543 g/mol. The van der Waals surface area contributed by atoms with E-state index < -0.39 is 24.2 Å². The molecule has 0 aliphatic heterocycles. The number of amides is 2. The number of methoxy groups -OCH3 is 1. The first kappa shape index (κ1) is 27.6. The molecule has 0 aliphatic carbocycles. The van der Waals surface area contributed by atoms with Crippen molar-refractivity contribution >= 4 is 51.6 Å². The zero-order valence-corrected chi connectivity index (χ0v) is 22.3. The van der Waals surface area contributed by atoms with E-state index in [0.717, 1.165) is 4.90 Å². The van der Waals surface area contributed by atoms with Crippen molar-refractivity contribution in [3.05, 3.63) is 103 Å². The zero-order chi connectivity index (χ0) is 27.8. The summed E-state index contributed by atoms with van der Waals surface area (Å²) in [5.74, 6) is -0.335. The van der Waals surface area contributed by atoms with Gasteiger partial charge in [0.1, 0.15) is 11.9 Å². The lowest BCUT2D eigenvalue weighted by Gasteiger charge is -2.26. The number of nitrogen functional groups attached to an aromatic ring is 1. The Kier molecular flexibility index (Phi) is 9.09. The highest BCUT2D eigenvalue weighted by molar-refractivity contribution is 7.98. The van der Waals surface area contributed by atoms with Gasteiger partial charge in [0, 0.05) is 34.7 Å². The molecule has 2 amide bonds. The number of fused-ring (bicyclic) bond motifs is 1. The molecule has 200 valence electrons. The predicted octanol–water partition coefficient (Wildman–Crippen LogP) is 6.35. The Hall–Kier alpha value is -4.47. The maximum absolute atomic E-state index is 13.0. The van der Waals surface area contributed by atoms with Gasteiger partial charge in [0.15, 0.2) is 6.10 Å². The molecule has 0 aliphatic rings. The van der Waals surface area contributed by atoms with Crippen LogP contribution in [0.5, 0.6) is 5.75 Å². The van der Waals surface area contributed by atoms with Gasteiger partial charge in [-0.15, -0.1) is 11.8 Å². The van der Waals surface area contributed by atoms with Gasteiger partial charge in [0.2, 0.25) is 5.91 Å². The Morgan fingerprint density at radius 1 is 0.923 bits per heavy atom. The van der Waals surface area contributed by atoms with Gasteiger partial charge in [0.25, 0.3) is 0 Å². The molecule has 8 nitrogen and oxygen atoms in total. The molecule has 4 aromatic rings. The molecule has 0 fully saturated rings. The van der Waals surface area contributed by atoms with Gasteiger partial charge in [0.05, 0.1) is 11.4 Å². The number of phenols is 1. The van der Waals surface area contributed by atoms with Gasteiger partial charge < -0.3 is 25.6 Å². The Morgan fingerprint density at radius 3 is 2.31 bits per heavy atom. The van der Waals surface area contributed by atoms with Crippen LogP contribution in [0.15, 0.2) is 102 Å². The standard InChI is InChI=1S/C30H29N3O5S/c1-37-27(17-18-28(35)33-25-10-6-5-9-24(25)31)29(23-15-16-26(34)22-8-4-3-7-21(22)23)38-30(36)32-19-11-13-20(39-2)14-12-19/h3-18,27,29,34H,31H2,1-2H3,(H,32,36)(H,33,35)/b18-17+/t27-,29-/m0/s1.